The molecule has 0 saturated heterocycles. The van der Waals surface area contributed by atoms with Crippen LogP contribution in [0.1, 0.15) is 18.1 Å². The quantitative estimate of drug-likeness (QED) is 0.699. The molecule has 0 bridgehead atoms. The van der Waals surface area contributed by atoms with Crippen LogP contribution in [0.2, 0.25) is 0 Å². The largest absolute Gasteiger partial charge is 0.399 e. The zero-order valence-electron chi connectivity index (χ0n) is 11.1. The number of thiazole rings is 1. The predicted molar refractivity (Wildman–Crippen MR) is 83.6 cm³/mol. The maximum Gasteiger partial charge on any atom is 0.124 e. The fourth-order valence-corrected chi connectivity index (χ4v) is 3.15. The topological polar surface area (TPSA) is 38.9 Å². The average molecular weight is 268 g/mol. The molecule has 0 fully saturated rings. The van der Waals surface area contributed by atoms with E-state index < -0.39 is 0 Å². The molecule has 0 atom stereocenters. The first-order chi connectivity index (χ1) is 9.17. The first kappa shape index (κ1) is 12.2. The van der Waals surface area contributed by atoms with E-state index in [1.54, 1.807) is 11.3 Å². The third kappa shape index (κ3) is 2.22. The lowest BCUT2D eigenvalue weighted by Crippen LogP contribution is -1.89. The van der Waals surface area contributed by atoms with Gasteiger partial charge in [0.2, 0.25) is 0 Å². The number of benzene rings is 2. The molecule has 3 rings (SSSR count). The summed E-state index contributed by atoms with van der Waals surface area (Å²) >= 11 is 1.74. The summed E-state index contributed by atoms with van der Waals surface area (Å²) in [5, 5.41) is 1.06. The molecule has 2 N–H and O–H groups in total. The third-order valence-electron chi connectivity index (χ3n) is 3.38. The summed E-state index contributed by atoms with van der Waals surface area (Å²) in [6, 6.07) is 12.6. The number of rotatable bonds is 2. The number of nitrogens with zero attached hydrogens (tertiary/aromatic N) is 1. The Balaban J connectivity index is 2.11. The molecule has 0 radical (unpaired) electrons. The summed E-state index contributed by atoms with van der Waals surface area (Å²) in [6.07, 6.45) is 1.06. The van der Waals surface area contributed by atoms with Crippen molar-refractivity contribution in [3.63, 3.8) is 0 Å². The monoisotopic (exact) mass is 268 g/mol. The van der Waals surface area contributed by atoms with Gasteiger partial charge in [0.1, 0.15) is 5.01 Å². The fourth-order valence-electron chi connectivity index (χ4n) is 2.12. The summed E-state index contributed by atoms with van der Waals surface area (Å²) in [5.74, 6) is 0. The van der Waals surface area contributed by atoms with Gasteiger partial charge in [0.15, 0.2) is 0 Å². The number of nitrogen functional groups attached to an aromatic ring is 1. The van der Waals surface area contributed by atoms with E-state index >= 15 is 0 Å². The van der Waals surface area contributed by atoms with E-state index in [0.29, 0.717) is 0 Å². The highest BCUT2D eigenvalue weighted by Crippen LogP contribution is 2.32. The second kappa shape index (κ2) is 4.67. The maximum atomic E-state index is 5.86. The van der Waals surface area contributed by atoms with Crippen LogP contribution in [0.5, 0.6) is 0 Å². The summed E-state index contributed by atoms with van der Waals surface area (Å²) in [6.45, 7) is 4.20. The third-order valence-corrected chi connectivity index (χ3v) is 4.45. The molecular formula is C16H16N2S. The number of anilines is 1. The van der Waals surface area contributed by atoms with E-state index in [-0.39, 0.29) is 0 Å². The molecular weight excluding hydrogens is 252 g/mol. The van der Waals surface area contributed by atoms with Crippen molar-refractivity contribution in [2.24, 2.45) is 0 Å². The summed E-state index contributed by atoms with van der Waals surface area (Å²) in [5.41, 5.74) is 11.4. The van der Waals surface area contributed by atoms with Crippen molar-refractivity contribution in [3.8, 4) is 10.6 Å². The molecule has 1 heterocycles. The van der Waals surface area contributed by atoms with Crippen LogP contribution in [0.15, 0.2) is 36.4 Å². The van der Waals surface area contributed by atoms with Crippen LogP contribution in [0.25, 0.3) is 20.8 Å². The second-order valence-electron chi connectivity index (χ2n) is 4.75. The molecule has 0 aliphatic carbocycles. The lowest BCUT2D eigenvalue weighted by Gasteiger charge is -2.01. The van der Waals surface area contributed by atoms with Crippen LogP contribution in [-0.4, -0.2) is 4.98 Å². The minimum Gasteiger partial charge on any atom is -0.399 e. The number of hydrogen-bond donors (Lipinski definition) is 1. The zero-order valence-corrected chi connectivity index (χ0v) is 11.9. The molecule has 2 nitrogen and oxygen atoms in total. The molecule has 0 amide bonds. The highest BCUT2D eigenvalue weighted by atomic mass is 32.1. The maximum absolute atomic E-state index is 5.86. The Morgan fingerprint density at radius 3 is 2.74 bits per heavy atom. The van der Waals surface area contributed by atoms with Crippen LogP contribution < -0.4 is 5.73 Å². The summed E-state index contributed by atoms with van der Waals surface area (Å²) in [4.78, 5) is 4.71. The smallest absolute Gasteiger partial charge is 0.124 e. The minimum atomic E-state index is 0.832. The van der Waals surface area contributed by atoms with Crippen LogP contribution >= 0.6 is 11.3 Å². The van der Waals surface area contributed by atoms with Gasteiger partial charge in [0.25, 0.3) is 0 Å². The van der Waals surface area contributed by atoms with Gasteiger partial charge in [-0.1, -0.05) is 13.0 Å². The van der Waals surface area contributed by atoms with E-state index in [2.05, 4.69) is 31.2 Å². The van der Waals surface area contributed by atoms with Gasteiger partial charge in [0.05, 0.1) is 10.2 Å². The summed E-state index contributed by atoms with van der Waals surface area (Å²) in [7, 11) is 0. The SMILES string of the molecule is CCc1ccc2nc(-c3ccc(N)c(C)c3)sc2c1. The van der Waals surface area contributed by atoms with E-state index in [9.17, 15) is 0 Å². The van der Waals surface area contributed by atoms with Crippen LogP contribution in [0.4, 0.5) is 5.69 Å². The Morgan fingerprint density at radius 1 is 1.16 bits per heavy atom. The normalized spacial score (nSPS) is 11.1. The highest BCUT2D eigenvalue weighted by Gasteiger charge is 2.07. The zero-order chi connectivity index (χ0) is 13.4. The Bertz CT molecular complexity index is 744. The molecule has 96 valence electrons. The standard InChI is InChI=1S/C16H16N2S/c1-3-11-4-7-14-15(9-11)19-16(18-14)12-5-6-13(17)10(2)8-12/h4-9H,3,17H2,1-2H3. The molecule has 0 spiro atoms. The van der Waals surface area contributed by atoms with Crippen molar-refractivity contribution in [1.82, 2.24) is 4.98 Å². The van der Waals surface area contributed by atoms with E-state index in [4.69, 9.17) is 10.7 Å². The Kier molecular flexibility index (Phi) is 2.99. The van der Waals surface area contributed by atoms with Crippen LogP contribution in [0.3, 0.4) is 0 Å². The fraction of sp³-hybridized carbons (Fsp3) is 0.188. The molecule has 1 aromatic heterocycles. The molecule has 0 aliphatic heterocycles. The van der Waals surface area contributed by atoms with E-state index in [1.165, 1.54) is 10.3 Å². The van der Waals surface area contributed by atoms with Crippen molar-refractivity contribution in [2.75, 3.05) is 5.73 Å². The van der Waals surface area contributed by atoms with Crippen LogP contribution in [0, 0.1) is 6.92 Å². The van der Waals surface area contributed by atoms with Gasteiger partial charge in [-0.3, -0.25) is 0 Å². The van der Waals surface area contributed by atoms with Gasteiger partial charge < -0.3 is 5.73 Å². The average Bonchev–Trinajstić information content (AvgIpc) is 2.84. The van der Waals surface area contributed by atoms with Crippen molar-refractivity contribution in [1.29, 1.82) is 0 Å². The van der Waals surface area contributed by atoms with Crippen molar-refractivity contribution < 1.29 is 0 Å². The number of hydrogen-bond acceptors (Lipinski definition) is 3. The predicted octanol–water partition coefficient (Wildman–Crippen LogP) is 4.42. The minimum absolute atomic E-state index is 0.832. The van der Waals surface area contributed by atoms with Crippen LogP contribution in [-0.2, 0) is 6.42 Å². The second-order valence-corrected chi connectivity index (χ2v) is 5.78. The first-order valence-corrected chi connectivity index (χ1v) is 7.25. The molecule has 2 aromatic carbocycles. The van der Waals surface area contributed by atoms with Gasteiger partial charge in [0, 0.05) is 11.3 Å². The molecule has 3 heteroatoms. The molecule has 0 aliphatic rings. The van der Waals surface area contributed by atoms with Crippen molar-refractivity contribution in [2.45, 2.75) is 20.3 Å². The first-order valence-electron chi connectivity index (χ1n) is 6.43. The molecule has 3 aromatic rings. The number of aryl methyl sites for hydroxylation is 2. The molecule has 0 saturated carbocycles. The highest BCUT2D eigenvalue weighted by molar-refractivity contribution is 7.21. The molecule has 0 unspecified atom stereocenters. The summed E-state index contributed by atoms with van der Waals surface area (Å²) < 4.78 is 1.25. The van der Waals surface area contributed by atoms with Gasteiger partial charge in [-0.05, 0) is 54.8 Å². The lowest BCUT2D eigenvalue weighted by atomic mass is 10.1. The van der Waals surface area contributed by atoms with Gasteiger partial charge in [-0.25, -0.2) is 4.98 Å². The Morgan fingerprint density at radius 2 is 2.00 bits per heavy atom. The lowest BCUT2D eigenvalue weighted by molar-refractivity contribution is 1.15. The van der Waals surface area contributed by atoms with E-state index in [0.717, 1.165) is 33.8 Å². The van der Waals surface area contributed by atoms with Crippen molar-refractivity contribution in [3.05, 3.63) is 47.5 Å². The van der Waals surface area contributed by atoms with E-state index in [1.807, 2.05) is 19.1 Å². The molecule has 19 heavy (non-hydrogen) atoms. The Labute approximate surface area is 116 Å². The van der Waals surface area contributed by atoms with Gasteiger partial charge in [-0.2, -0.15) is 0 Å². The number of fused-ring (bicyclic) bond motifs is 1. The Hall–Kier alpha value is -1.87. The van der Waals surface area contributed by atoms with Gasteiger partial charge >= 0.3 is 0 Å². The van der Waals surface area contributed by atoms with Crippen molar-refractivity contribution >= 4 is 27.2 Å². The number of aromatic nitrogens is 1. The number of nitrogens with two attached hydrogens (primary N) is 1. The van der Waals surface area contributed by atoms with Gasteiger partial charge in [-0.15, -0.1) is 11.3 Å².